The molecule has 0 radical (unpaired) electrons. The largest absolute Gasteiger partial charge is 0.497 e. The quantitative estimate of drug-likeness (QED) is 0.860. The second kappa shape index (κ2) is 8.01. The van der Waals surface area contributed by atoms with Crippen molar-refractivity contribution in [3.8, 4) is 5.75 Å². The van der Waals surface area contributed by atoms with Crippen molar-refractivity contribution >= 4 is 15.9 Å². The van der Waals surface area contributed by atoms with Crippen molar-refractivity contribution in [1.82, 2.24) is 5.32 Å². The van der Waals surface area contributed by atoms with Crippen molar-refractivity contribution in [1.29, 1.82) is 0 Å². The predicted octanol–water partition coefficient (Wildman–Crippen LogP) is 3.40. The van der Waals surface area contributed by atoms with Gasteiger partial charge in [-0.1, -0.05) is 22.9 Å². The molecule has 20 heavy (non-hydrogen) atoms. The van der Waals surface area contributed by atoms with E-state index in [1.807, 2.05) is 6.07 Å². The van der Waals surface area contributed by atoms with Gasteiger partial charge in [-0.25, -0.2) is 0 Å². The molecule has 1 aliphatic heterocycles. The Hall–Kier alpha value is -0.580. The Morgan fingerprint density at radius 1 is 1.50 bits per heavy atom. The molecule has 0 saturated carbocycles. The molecule has 1 aromatic rings. The van der Waals surface area contributed by atoms with Gasteiger partial charge in [0, 0.05) is 17.1 Å². The number of ether oxygens (including phenoxy) is 2. The smallest absolute Gasteiger partial charge is 0.119 e. The predicted molar refractivity (Wildman–Crippen MR) is 85.4 cm³/mol. The Morgan fingerprint density at radius 3 is 3.00 bits per heavy atom. The summed E-state index contributed by atoms with van der Waals surface area (Å²) in [6.07, 6.45) is 3.42. The first-order valence-electron chi connectivity index (χ1n) is 7.38. The lowest BCUT2D eigenvalue weighted by Gasteiger charge is -2.31. The second-order valence-electron chi connectivity index (χ2n) is 5.30. The average Bonchev–Trinajstić information content (AvgIpc) is 2.49. The van der Waals surface area contributed by atoms with E-state index in [-0.39, 0.29) is 0 Å². The highest BCUT2D eigenvalue weighted by Gasteiger charge is 2.24. The summed E-state index contributed by atoms with van der Waals surface area (Å²) in [5, 5.41) is 3.62. The summed E-state index contributed by atoms with van der Waals surface area (Å²) < 4.78 is 12.1. The number of halogens is 1. The fourth-order valence-electron chi connectivity index (χ4n) is 2.82. The Balaban J connectivity index is 2.10. The number of likely N-dealkylation sites (N-methyl/N-ethyl adjacent to an activating group) is 1. The number of benzene rings is 1. The van der Waals surface area contributed by atoms with Crippen LogP contribution in [0.15, 0.2) is 22.7 Å². The van der Waals surface area contributed by atoms with Gasteiger partial charge in [0.05, 0.1) is 13.7 Å². The summed E-state index contributed by atoms with van der Waals surface area (Å²) in [6, 6.07) is 6.63. The van der Waals surface area contributed by atoms with Crippen LogP contribution in [0.5, 0.6) is 5.75 Å². The molecule has 112 valence electrons. The van der Waals surface area contributed by atoms with Gasteiger partial charge in [-0.2, -0.15) is 0 Å². The van der Waals surface area contributed by atoms with Crippen LogP contribution in [0.4, 0.5) is 0 Å². The topological polar surface area (TPSA) is 30.5 Å². The van der Waals surface area contributed by atoms with Gasteiger partial charge in [-0.05, 0) is 55.5 Å². The second-order valence-corrected chi connectivity index (χ2v) is 6.16. The molecule has 2 rings (SSSR count). The fourth-order valence-corrected chi connectivity index (χ4v) is 3.23. The third-order valence-corrected chi connectivity index (χ3v) is 4.70. The van der Waals surface area contributed by atoms with Gasteiger partial charge in [0.1, 0.15) is 5.75 Å². The van der Waals surface area contributed by atoms with Crippen LogP contribution in [0.25, 0.3) is 0 Å². The monoisotopic (exact) mass is 341 g/mol. The highest BCUT2D eigenvalue weighted by Crippen LogP contribution is 2.27. The van der Waals surface area contributed by atoms with Gasteiger partial charge < -0.3 is 14.8 Å². The Bertz CT molecular complexity index is 419. The van der Waals surface area contributed by atoms with Crippen molar-refractivity contribution in [3.63, 3.8) is 0 Å². The number of hydrogen-bond donors (Lipinski definition) is 1. The molecular weight excluding hydrogens is 318 g/mol. The molecular formula is C16H24BrNO2. The molecule has 4 heteroatoms. The number of nitrogens with one attached hydrogen (secondary N) is 1. The number of methoxy groups -OCH3 is 1. The van der Waals surface area contributed by atoms with Crippen molar-refractivity contribution in [2.45, 2.75) is 32.2 Å². The van der Waals surface area contributed by atoms with Crippen LogP contribution in [-0.4, -0.2) is 32.9 Å². The molecule has 1 aromatic carbocycles. The summed E-state index contributed by atoms with van der Waals surface area (Å²) >= 11 is 3.65. The lowest BCUT2D eigenvalue weighted by Crippen LogP contribution is -2.41. The van der Waals surface area contributed by atoms with Gasteiger partial charge in [-0.15, -0.1) is 0 Å². The summed E-state index contributed by atoms with van der Waals surface area (Å²) in [6.45, 7) is 4.94. The Kier molecular flexibility index (Phi) is 6.33. The zero-order valence-corrected chi connectivity index (χ0v) is 13.9. The lowest BCUT2D eigenvalue weighted by atomic mass is 9.89. The third kappa shape index (κ3) is 4.21. The first kappa shape index (κ1) is 15.8. The molecule has 2 unspecified atom stereocenters. The van der Waals surface area contributed by atoms with Gasteiger partial charge >= 0.3 is 0 Å². The highest BCUT2D eigenvalue weighted by molar-refractivity contribution is 9.10. The Labute approximate surface area is 130 Å². The molecule has 1 N–H and O–H groups in total. The molecule has 2 atom stereocenters. The molecule has 1 saturated heterocycles. The zero-order valence-electron chi connectivity index (χ0n) is 12.3. The number of rotatable bonds is 6. The van der Waals surface area contributed by atoms with Gasteiger partial charge in [-0.3, -0.25) is 0 Å². The van der Waals surface area contributed by atoms with E-state index in [4.69, 9.17) is 9.47 Å². The molecule has 1 fully saturated rings. The first-order valence-corrected chi connectivity index (χ1v) is 8.17. The van der Waals surface area contributed by atoms with Crippen LogP contribution in [0.1, 0.15) is 25.3 Å². The van der Waals surface area contributed by atoms with Crippen molar-refractivity contribution < 1.29 is 9.47 Å². The summed E-state index contributed by atoms with van der Waals surface area (Å²) in [5.74, 6) is 1.51. The van der Waals surface area contributed by atoms with Gasteiger partial charge in [0.25, 0.3) is 0 Å². The lowest BCUT2D eigenvalue weighted by molar-refractivity contribution is 0.0395. The molecule has 0 aromatic heterocycles. The van der Waals surface area contributed by atoms with Gasteiger partial charge in [0.15, 0.2) is 0 Å². The molecule has 0 bridgehead atoms. The number of hydrogen-bond acceptors (Lipinski definition) is 3. The van der Waals surface area contributed by atoms with E-state index in [0.717, 1.165) is 36.4 Å². The van der Waals surface area contributed by atoms with E-state index >= 15 is 0 Å². The minimum absolute atomic E-state index is 0.462. The van der Waals surface area contributed by atoms with E-state index in [2.05, 4.69) is 40.3 Å². The van der Waals surface area contributed by atoms with E-state index in [1.54, 1.807) is 7.11 Å². The maximum atomic E-state index is 5.65. The van der Waals surface area contributed by atoms with Gasteiger partial charge in [0.2, 0.25) is 0 Å². The average molecular weight is 342 g/mol. The van der Waals surface area contributed by atoms with Crippen LogP contribution in [0.2, 0.25) is 0 Å². The summed E-state index contributed by atoms with van der Waals surface area (Å²) in [5.41, 5.74) is 1.29. The summed E-state index contributed by atoms with van der Waals surface area (Å²) in [4.78, 5) is 0. The third-order valence-electron chi connectivity index (χ3n) is 3.92. The summed E-state index contributed by atoms with van der Waals surface area (Å²) in [7, 11) is 1.71. The maximum Gasteiger partial charge on any atom is 0.119 e. The van der Waals surface area contributed by atoms with Crippen LogP contribution in [-0.2, 0) is 11.2 Å². The first-order chi connectivity index (χ1) is 9.74. The van der Waals surface area contributed by atoms with Crippen molar-refractivity contribution in [2.24, 2.45) is 5.92 Å². The van der Waals surface area contributed by atoms with E-state index in [1.165, 1.54) is 18.4 Å². The SMILES string of the molecule is CCNC(Cc1cc(OC)ccc1Br)C1CCCOC1. The van der Waals surface area contributed by atoms with Crippen LogP contribution >= 0.6 is 15.9 Å². The van der Waals surface area contributed by atoms with E-state index < -0.39 is 0 Å². The molecule has 0 spiro atoms. The van der Waals surface area contributed by atoms with Crippen LogP contribution < -0.4 is 10.1 Å². The standard InChI is InChI=1S/C16H24BrNO2/c1-3-18-16(12-5-4-8-20-11-12)10-13-9-14(19-2)6-7-15(13)17/h6-7,9,12,16,18H,3-5,8,10-11H2,1-2H3. The normalized spacial score (nSPS) is 20.6. The zero-order chi connectivity index (χ0) is 14.4. The van der Waals surface area contributed by atoms with E-state index in [9.17, 15) is 0 Å². The van der Waals surface area contributed by atoms with E-state index in [0.29, 0.717) is 12.0 Å². The minimum Gasteiger partial charge on any atom is -0.497 e. The molecule has 0 amide bonds. The molecule has 1 heterocycles. The maximum absolute atomic E-state index is 5.65. The molecule has 1 aliphatic rings. The Morgan fingerprint density at radius 2 is 2.35 bits per heavy atom. The molecule has 0 aliphatic carbocycles. The van der Waals surface area contributed by atoms with Crippen LogP contribution in [0.3, 0.4) is 0 Å². The minimum atomic E-state index is 0.462. The van der Waals surface area contributed by atoms with Crippen molar-refractivity contribution in [3.05, 3.63) is 28.2 Å². The van der Waals surface area contributed by atoms with Crippen LogP contribution in [0, 0.1) is 5.92 Å². The highest BCUT2D eigenvalue weighted by atomic mass is 79.9. The molecule has 3 nitrogen and oxygen atoms in total. The van der Waals surface area contributed by atoms with Crippen molar-refractivity contribution in [2.75, 3.05) is 26.9 Å². The fraction of sp³-hybridized carbons (Fsp3) is 0.625.